The van der Waals surface area contributed by atoms with Gasteiger partial charge in [-0.15, -0.1) is 0 Å². The normalized spacial score (nSPS) is 10.4. The summed E-state index contributed by atoms with van der Waals surface area (Å²) in [7, 11) is 0. The highest BCUT2D eigenvalue weighted by Crippen LogP contribution is 2.34. The smallest absolute Gasteiger partial charge is 0.344 e. The SMILES string of the molecule is CCOC(=O)COc1c(Cl)cc(/C=N\NC(=O)c2ccc(C#N)cc2F)cc1Br. The number of nitrogens with zero attached hydrogens (tertiary/aromatic N) is 2. The third-order valence-electron chi connectivity index (χ3n) is 3.38. The number of nitriles is 1. The van der Waals surface area contributed by atoms with Crippen LogP contribution in [0.4, 0.5) is 4.39 Å². The van der Waals surface area contributed by atoms with Gasteiger partial charge in [0.1, 0.15) is 5.82 Å². The number of nitrogens with one attached hydrogen (secondary N) is 1. The van der Waals surface area contributed by atoms with Crippen LogP contribution in [0.3, 0.4) is 0 Å². The quantitative estimate of drug-likeness (QED) is 0.367. The topological polar surface area (TPSA) is 101 Å². The lowest BCUT2D eigenvalue weighted by Crippen LogP contribution is -2.19. The Labute approximate surface area is 179 Å². The van der Waals surface area contributed by atoms with E-state index in [2.05, 4.69) is 26.5 Å². The number of carbonyl (C=O) groups excluding carboxylic acids is 2. The van der Waals surface area contributed by atoms with Gasteiger partial charge in [-0.3, -0.25) is 4.79 Å². The van der Waals surface area contributed by atoms with Crippen molar-refractivity contribution in [2.24, 2.45) is 5.10 Å². The molecule has 10 heteroatoms. The van der Waals surface area contributed by atoms with Gasteiger partial charge in [0.2, 0.25) is 0 Å². The van der Waals surface area contributed by atoms with Gasteiger partial charge in [-0.05, 0) is 58.7 Å². The van der Waals surface area contributed by atoms with Crippen LogP contribution < -0.4 is 10.2 Å². The van der Waals surface area contributed by atoms with Crippen LogP contribution in [0, 0.1) is 17.1 Å². The summed E-state index contributed by atoms with van der Waals surface area (Å²) < 4.78 is 24.4. The van der Waals surface area contributed by atoms with Crippen molar-refractivity contribution < 1.29 is 23.5 Å². The van der Waals surface area contributed by atoms with Crippen molar-refractivity contribution in [3.63, 3.8) is 0 Å². The highest BCUT2D eigenvalue weighted by molar-refractivity contribution is 9.10. The van der Waals surface area contributed by atoms with Crippen molar-refractivity contribution in [1.29, 1.82) is 5.26 Å². The summed E-state index contributed by atoms with van der Waals surface area (Å²) in [6.45, 7) is 1.62. The third-order valence-corrected chi connectivity index (χ3v) is 4.25. The Kier molecular flexibility index (Phi) is 8.12. The molecule has 0 aliphatic carbocycles. The maximum atomic E-state index is 13.8. The van der Waals surface area contributed by atoms with Crippen molar-refractivity contribution in [3.05, 3.63) is 62.3 Å². The van der Waals surface area contributed by atoms with E-state index in [9.17, 15) is 14.0 Å². The van der Waals surface area contributed by atoms with Crippen molar-refractivity contribution in [3.8, 4) is 11.8 Å². The average molecular weight is 483 g/mol. The predicted molar refractivity (Wildman–Crippen MR) is 107 cm³/mol. The Bertz CT molecular complexity index is 984. The van der Waals surface area contributed by atoms with Gasteiger partial charge in [-0.1, -0.05) is 11.6 Å². The summed E-state index contributed by atoms with van der Waals surface area (Å²) in [4.78, 5) is 23.4. The molecular formula is C19H14BrClFN3O4. The lowest BCUT2D eigenvalue weighted by Gasteiger charge is -2.10. The molecule has 2 aromatic rings. The summed E-state index contributed by atoms with van der Waals surface area (Å²) in [6.07, 6.45) is 1.30. The van der Waals surface area contributed by atoms with Crippen LogP contribution >= 0.6 is 27.5 Å². The molecule has 7 nitrogen and oxygen atoms in total. The Balaban J connectivity index is 2.04. The summed E-state index contributed by atoms with van der Waals surface area (Å²) in [5.74, 6) is -1.88. The molecule has 2 aromatic carbocycles. The number of rotatable bonds is 7. The van der Waals surface area contributed by atoms with Gasteiger partial charge < -0.3 is 9.47 Å². The Morgan fingerprint density at radius 1 is 1.38 bits per heavy atom. The predicted octanol–water partition coefficient (Wildman–Crippen LogP) is 3.82. The average Bonchev–Trinajstić information content (AvgIpc) is 2.67. The molecule has 0 unspecified atom stereocenters. The Hall–Kier alpha value is -2.96. The number of hydrogen-bond acceptors (Lipinski definition) is 6. The lowest BCUT2D eigenvalue weighted by molar-refractivity contribution is -0.145. The van der Waals surface area contributed by atoms with Crippen molar-refractivity contribution >= 4 is 45.6 Å². The number of hydrogen-bond donors (Lipinski definition) is 1. The fraction of sp³-hybridized carbons (Fsp3) is 0.158. The molecule has 1 amide bonds. The van der Waals surface area contributed by atoms with E-state index in [1.165, 1.54) is 24.4 Å². The third kappa shape index (κ3) is 6.27. The molecule has 0 atom stereocenters. The molecule has 0 heterocycles. The molecular weight excluding hydrogens is 469 g/mol. The summed E-state index contributed by atoms with van der Waals surface area (Å²) in [6, 6.07) is 8.37. The largest absolute Gasteiger partial charge is 0.479 e. The molecule has 150 valence electrons. The highest BCUT2D eigenvalue weighted by atomic mass is 79.9. The Morgan fingerprint density at radius 2 is 2.14 bits per heavy atom. The Morgan fingerprint density at radius 3 is 2.76 bits per heavy atom. The van der Waals surface area contributed by atoms with Crippen LogP contribution in [-0.4, -0.2) is 31.3 Å². The number of halogens is 3. The maximum Gasteiger partial charge on any atom is 0.344 e. The van der Waals surface area contributed by atoms with Crippen molar-refractivity contribution in [1.82, 2.24) is 5.43 Å². The minimum atomic E-state index is -0.828. The molecule has 0 spiro atoms. The van der Waals surface area contributed by atoms with Gasteiger partial charge in [-0.25, -0.2) is 14.6 Å². The molecule has 1 N–H and O–H groups in total. The second kappa shape index (κ2) is 10.5. The minimum Gasteiger partial charge on any atom is -0.479 e. The number of esters is 1. The fourth-order valence-corrected chi connectivity index (χ4v) is 3.11. The van der Waals surface area contributed by atoms with Gasteiger partial charge in [0.05, 0.1) is 39.5 Å². The zero-order chi connectivity index (χ0) is 21.4. The molecule has 0 saturated carbocycles. The van der Waals surface area contributed by atoms with Gasteiger partial charge in [0.25, 0.3) is 5.91 Å². The molecule has 29 heavy (non-hydrogen) atoms. The zero-order valence-corrected chi connectivity index (χ0v) is 17.4. The van der Waals surface area contributed by atoms with Crippen LogP contribution in [0.25, 0.3) is 0 Å². The molecule has 2 rings (SSSR count). The standard InChI is InChI=1S/C19H14BrClFN3O4/c1-2-28-17(26)10-29-18-14(20)5-12(6-15(18)21)9-24-25-19(27)13-4-3-11(8-23)7-16(13)22/h3-7,9H,2,10H2,1H3,(H,25,27)/b24-9-. The second-order valence-electron chi connectivity index (χ2n) is 5.41. The number of hydrazone groups is 1. The number of carbonyl (C=O) groups is 2. The van der Waals surface area contributed by atoms with Crippen LogP contribution in [0.15, 0.2) is 39.9 Å². The first-order valence-electron chi connectivity index (χ1n) is 8.16. The van der Waals surface area contributed by atoms with E-state index < -0.39 is 17.7 Å². The van der Waals surface area contributed by atoms with Crippen LogP contribution in [0.5, 0.6) is 5.75 Å². The summed E-state index contributed by atoms with van der Waals surface area (Å²) in [5.41, 5.74) is 2.55. The van der Waals surface area contributed by atoms with Crippen molar-refractivity contribution in [2.75, 3.05) is 13.2 Å². The minimum absolute atomic E-state index is 0.104. The van der Waals surface area contributed by atoms with E-state index in [1.807, 2.05) is 0 Å². The van der Waals surface area contributed by atoms with E-state index in [-0.39, 0.29) is 35.1 Å². The monoisotopic (exact) mass is 481 g/mol. The van der Waals surface area contributed by atoms with Gasteiger partial charge >= 0.3 is 5.97 Å². The first kappa shape index (κ1) is 22.3. The summed E-state index contributed by atoms with van der Waals surface area (Å²) in [5, 5.41) is 12.7. The molecule has 0 saturated heterocycles. The molecule has 0 aliphatic heterocycles. The first-order valence-corrected chi connectivity index (χ1v) is 9.33. The number of ether oxygens (including phenoxy) is 2. The molecule has 0 bridgehead atoms. The van der Waals surface area contributed by atoms with E-state index in [1.54, 1.807) is 19.1 Å². The second-order valence-corrected chi connectivity index (χ2v) is 6.67. The highest BCUT2D eigenvalue weighted by Gasteiger charge is 2.13. The van der Waals surface area contributed by atoms with Crippen LogP contribution in [0.2, 0.25) is 5.02 Å². The van der Waals surface area contributed by atoms with E-state index >= 15 is 0 Å². The van der Waals surface area contributed by atoms with E-state index in [4.69, 9.17) is 26.3 Å². The van der Waals surface area contributed by atoms with E-state index in [0.29, 0.717) is 10.0 Å². The molecule has 0 radical (unpaired) electrons. The number of benzene rings is 2. The maximum absolute atomic E-state index is 13.8. The van der Waals surface area contributed by atoms with E-state index in [0.717, 1.165) is 6.07 Å². The molecule has 0 aromatic heterocycles. The molecule has 0 aliphatic rings. The van der Waals surface area contributed by atoms with Gasteiger partial charge in [0.15, 0.2) is 12.4 Å². The van der Waals surface area contributed by atoms with Crippen LogP contribution in [0.1, 0.15) is 28.4 Å². The van der Waals surface area contributed by atoms with Gasteiger partial charge in [-0.2, -0.15) is 10.4 Å². The van der Waals surface area contributed by atoms with Crippen LogP contribution in [-0.2, 0) is 9.53 Å². The molecule has 0 fully saturated rings. The first-order chi connectivity index (χ1) is 13.8. The summed E-state index contributed by atoms with van der Waals surface area (Å²) >= 11 is 9.43. The number of amides is 1. The van der Waals surface area contributed by atoms with Gasteiger partial charge in [0, 0.05) is 0 Å². The fourth-order valence-electron chi connectivity index (χ4n) is 2.12. The zero-order valence-electron chi connectivity index (χ0n) is 15.0. The van der Waals surface area contributed by atoms with Crippen molar-refractivity contribution in [2.45, 2.75) is 6.92 Å². The lowest BCUT2D eigenvalue weighted by atomic mass is 10.1.